The van der Waals surface area contributed by atoms with Crippen LogP contribution in [0.3, 0.4) is 0 Å². The Kier molecular flexibility index (Phi) is 9.43. The number of hydrogen-bond acceptors (Lipinski definition) is 5. The number of carbonyl (C=O) groups is 3. The highest BCUT2D eigenvalue weighted by Gasteiger charge is 2.75. The smallest absolute Gasteiger partial charge is 0.247 e. The molecule has 3 aliphatic heterocycles. The molecule has 3 fully saturated rings. The first-order valence-corrected chi connectivity index (χ1v) is 15.4. The van der Waals surface area contributed by atoms with Crippen molar-refractivity contribution in [3.05, 3.63) is 25.3 Å². The Morgan fingerprint density at radius 2 is 1.79 bits per heavy atom. The zero-order valence-electron chi connectivity index (χ0n) is 25.4. The van der Waals surface area contributed by atoms with Gasteiger partial charge in [0.15, 0.2) is 0 Å². The molecule has 1 spiro atoms. The summed E-state index contributed by atoms with van der Waals surface area (Å²) in [6.07, 6.45) is 6.49. The van der Waals surface area contributed by atoms with Gasteiger partial charge < -0.3 is 19.8 Å². The highest BCUT2D eigenvalue weighted by atomic mass is 32.2. The molecular formula is C31H51N3O4S. The molecule has 7 nitrogen and oxygen atoms in total. The van der Waals surface area contributed by atoms with Gasteiger partial charge in [0.05, 0.1) is 29.2 Å². The van der Waals surface area contributed by atoms with Gasteiger partial charge in [0, 0.05) is 30.9 Å². The van der Waals surface area contributed by atoms with E-state index in [0.717, 1.165) is 19.3 Å². The van der Waals surface area contributed by atoms with Gasteiger partial charge in [-0.2, -0.15) is 0 Å². The van der Waals surface area contributed by atoms with E-state index in [9.17, 15) is 19.5 Å². The summed E-state index contributed by atoms with van der Waals surface area (Å²) in [6, 6.07) is -1.23. The standard InChI is InChI=1S/C31H51N3O4S/c1-11-16-32(10)26(36)23-22-14-15-31(39-22)24(23)27(37)34(21(18-35)20(4)13-3)25(31)28(38)33(17-12-2)30(8,9)19-29(5,6)7/h11-12,20-25,35H,1-2,13-19H2,3-10H3/t20-,21-,22-,23+,24-,25?,31?/m0/s1. The lowest BCUT2D eigenvalue weighted by Gasteiger charge is -2.47. The summed E-state index contributed by atoms with van der Waals surface area (Å²) in [7, 11) is 1.75. The largest absolute Gasteiger partial charge is 0.394 e. The fourth-order valence-electron chi connectivity index (χ4n) is 7.67. The summed E-state index contributed by atoms with van der Waals surface area (Å²) in [5, 5.41) is 10.6. The van der Waals surface area contributed by atoms with Gasteiger partial charge in [-0.25, -0.2) is 0 Å². The van der Waals surface area contributed by atoms with Gasteiger partial charge in [0.25, 0.3) is 0 Å². The number of hydrogen-bond donors (Lipinski definition) is 1. The van der Waals surface area contributed by atoms with Crippen molar-refractivity contribution in [3.63, 3.8) is 0 Å². The van der Waals surface area contributed by atoms with Crippen molar-refractivity contribution in [2.24, 2.45) is 23.2 Å². The molecule has 3 rings (SSSR count). The normalized spacial score (nSPS) is 29.7. The van der Waals surface area contributed by atoms with Crippen LogP contribution in [0.15, 0.2) is 25.3 Å². The monoisotopic (exact) mass is 561 g/mol. The number of fused-ring (bicyclic) bond motifs is 1. The van der Waals surface area contributed by atoms with E-state index < -0.39 is 34.2 Å². The Balaban J connectivity index is 2.16. The molecule has 0 aromatic carbocycles. The average molecular weight is 562 g/mol. The van der Waals surface area contributed by atoms with E-state index in [0.29, 0.717) is 19.5 Å². The molecule has 3 amide bonds. The lowest BCUT2D eigenvalue weighted by Crippen LogP contribution is -2.62. The molecule has 0 aromatic rings. The van der Waals surface area contributed by atoms with Gasteiger partial charge in [-0.1, -0.05) is 53.2 Å². The van der Waals surface area contributed by atoms with Crippen LogP contribution < -0.4 is 0 Å². The van der Waals surface area contributed by atoms with E-state index >= 15 is 0 Å². The number of rotatable bonds is 12. The third-order valence-electron chi connectivity index (χ3n) is 9.15. The number of thioether (sulfide) groups is 1. The number of likely N-dealkylation sites (N-methyl/N-ethyl adjacent to an activating group) is 1. The number of aliphatic hydroxyl groups is 1. The van der Waals surface area contributed by atoms with E-state index in [1.165, 1.54) is 0 Å². The van der Waals surface area contributed by atoms with Crippen LogP contribution in [0, 0.1) is 23.2 Å². The van der Waals surface area contributed by atoms with Crippen molar-refractivity contribution in [1.29, 1.82) is 0 Å². The first kappa shape index (κ1) is 31.7. The minimum Gasteiger partial charge on any atom is -0.394 e. The maximum Gasteiger partial charge on any atom is 0.247 e. The van der Waals surface area contributed by atoms with Crippen LogP contribution in [0.25, 0.3) is 0 Å². The third-order valence-corrected chi connectivity index (χ3v) is 11.1. The molecule has 220 valence electrons. The molecule has 0 aliphatic carbocycles. The second-order valence-electron chi connectivity index (χ2n) is 13.7. The predicted octanol–water partition coefficient (Wildman–Crippen LogP) is 4.36. The third kappa shape index (κ3) is 5.57. The summed E-state index contributed by atoms with van der Waals surface area (Å²) >= 11 is 1.68. The van der Waals surface area contributed by atoms with Gasteiger partial charge in [-0.05, 0) is 44.4 Å². The first-order chi connectivity index (χ1) is 18.1. The fraction of sp³-hybridized carbons (Fsp3) is 0.774. The van der Waals surface area contributed by atoms with Gasteiger partial charge >= 0.3 is 0 Å². The van der Waals surface area contributed by atoms with Crippen LogP contribution in [-0.4, -0.2) is 91.9 Å². The van der Waals surface area contributed by atoms with Crippen molar-refractivity contribution in [2.45, 2.75) is 102 Å². The molecule has 1 N–H and O–H groups in total. The quantitative estimate of drug-likeness (QED) is 0.358. The summed E-state index contributed by atoms with van der Waals surface area (Å²) < 4.78 is -0.688. The second-order valence-corrected chi connectivity index (χ2v) is 15.3. The predicted molar refractivity (Wildman–Crippen MR) is 159 cm³/mol. The van der Waals surface area contributed by atoms with E-state index in [-0.39, 0.29) is 40.9 Å². The van der Waals surface area contributed by atoms with Crippen molar-refractivity contribution < 1.29 is 19.5 Å². The molecule has 2 unspecified atom stereocenters. The highest BCUT2D eigenvalue weighted by Crippen LogP contribution is 2.67. The van der Waals surface area contributed by atoms with Crippen molar-refractivity contribution >= 4 is 29.5 Å². The fourth-order valence-corrected chi connectivity index (χ4v) is 9.86. The first-order valence-electron chi connectivity index (χ1n) is 14.5. The number of carbonyl (C=O) groups excluding carboxylic acids is 3. The van der Waals surface area contributed by atoms with Gasteiger partial charge in [-0.15, -0.1) is 24.9 Å². The Morgan fingerprint density at radius 1 is 1.18 bits per heavy atom. The molecule has 2 bridgehead atoms. The summed E-state index contributed by atoms with van der Waals surface area (Å²) in [5.74, 6) is -1.36. The molecule has 0 radical (unpaired) electrons. The second kappa shape index (κ2) is 11.6. The van der Waals surface area contributed by atoms with E-state index in [1.807, 2.05) is 18.7 Å². The molecule has 3 heterocycles. The van der Waals surface area contributed by atoms with E-state index in [4.69, 9.17) is 0 Å². The Labute approximate surface area is 240 Å². The Hall–Kier alpha value is -1.80. The molecule has 0 aromatic heterocycles. The van der Waals surface area contributed by atoms with E-state index in [2.05, 4.69) is 47.8 Å². The van der Waals surface area contributed by atoms with Gasteiger partial charge in [0.2, 0.25) is 17.7 Å². The van der Waals surface area contributed by atoms with Crippen molar-refractivity contribution in [2.75, 3.05) is 26.7 Å². The lowest BCUT2D eigenvalue weighted by molar-refractivity contribution is -0.150. The minimum absolute atomic E-state index is 0.000271. The van der Waals surface area contributed by atoms with Gasteiger partial charge in [-0.3, -0.25) is 14.4 Å². The van der Waals surface area contributed by atoms with E-state index in [1.54, 1.807) is 40.8 Å². The van der Waals surface area contributed by atoms with Crippen LogP contribution in [0.5, 0.6) is 0 Å². The molecule has 39 heavy (non-hydrogen) atoms. The Bertz CT molecular complexity index is 975. The minimum atomic E-state index is -0.738. The SMILES string of the molecule is C=CCN(C)C(=O)[C@@H]1[C@@H]2CCC3(S2)C(C(=O)N(CC=C)C(C)(C)CC(C)(C)C)N([C@@H](CO)[C@@H](C)CC)C(=O)[C@H]13. The topological polar surface area (TPSA) is 81.2 Å². The lowest BCUT2D eigenvalue weighted by atomic mass is 9.70. The van der Waals surface area contributed by atoms with Crippen molar-refractivity contribution in [3.8, 4) is 0 Å². The van der Waals surface area contributed by atoms with Crippen molar-refractivity contribution in [1.82, 2.24) is 14.7 Å². The van der Waals surface area contributed by atoms with Gasteiger partial charge in [0.1, 0.15) is 6.04 Å². The molecule has 0 saturated carbocycles. The highest BCUT2D eigenvalue weighted by molar-refractivity contribution is 8.02. The number of nitrogens with zero attached hydrogens (tertiary/aromatic N) is 3. The Morgan fingerprint density at radius 3 is 2.31 bits per heavy atom. The van der Waals surface area contributed by atoms with Crippen LogP contribution in [0.4, 0.5) is 0 Å². The number of likely N-dealkylation sites (tertiary alicyclic amines) is 1. The van der Waals surface area contributed by atoms with Crippen LogP contribution in [0.2, 0.25) is 0 Å². The number of amides is 3. The zero-order valence-corrected chi connectivity index (χ0v) is 26.2. The zero-order chi connectivity index (χ0) is 29.5. The average Bonchev–Trinajstić information content (AvgIpc) is 3.48. The molecular weight excluding hydrogens is 510 g/mol. The molecule has 7 atom stereocenters. The maximum absolute atomic E-state index is 14.9. The maximum atomic E-state index is 14.9. The van der Waals surface area contributed by atoms with Crippen LogP contribution in [0.1, 0.15) is 74.1 Å². The summed E-state index contributed by atoms with van der Waals surface area (Å²) in [4.78, 5) is 48.3. The molecule has 8 heteroatoms. The number of aliphatic hydroxyl groups excluding tert-OH is 1. The summed E-state index contributed by atoms with van der Waals surface area (Å²) in [6.45, 7) is 23.0. The molecule has 3 saturated heterocycles. The summed E-state index contributed by atoms with van der Waals surface area (Å²) in [5.41, 5.74) is -0.508. The van der Waals surface area contributed by atoms with Crippen LogP contribution in [-0.2, 0) is 14.4 Å². The van der Waals surface area contributed by atoms with Crippen LogP contribution >= 0.6 is 11.8 Å². The molecule has 3 aliphatic rings.